The Labute approximate surface area is 125 Å². The van der Waals surface area contributed by atoms with E-state index in [1.807, 2.05) is 24.3 Å². The van der Waals surface area contributed by atoms with Gasteiger partial charge in [0.05, 0.1) is 0 Å². The van der Waals surface area contributed by atoms with E-state index in [4.69, 9.17) is 5.11 Å². The molecule has 0 spiro atoms. The average Bonchev–Trinajstić information content (AvgIpc) is 2.77. The number of likely N-dealkylation sites (tertiary alicyclic amines) is 1. The largest absolute Gasteiger partial charge is 0.480 e. The predicted molar refractivity (Wildman–Crippen MR) is 76.2 cm³/mol. The summed E-state index contributed by atoms with van der Waals surface area (Å²) in [6, 6.07) is 6.50. The first-order valence-electron chi connectivity index (χ1n) is 6.39. The number of carboxylic acid groups (broad SMARTS) is 1. The molecule has 6 heteroatoms. The Morgan fingerprint density at radius 2 is 2.25 bits per heavy atom. The van der Waals surface area contributed by atoms with Gasteiger partial charge < -0.3 is 15.1 Å². The number of carboxylic acids is 1. The van der Waals surface area contributed by atoms with Crippen LogP contribution in [-0.4, -0.2) is 46.2 Å². The van der Waals surface area contributed by atoms with Gasteiger partial charge in [0.25, 0.3) is 0 Å². The van der Waals surface area contributed by atoms with E-state index >= 15 is 0 Å². The van der Waals surface area contributed by atoms with E-state index in [1.165, 1.54) is 4.90 Å². The fourth-order valence-electron chi connectivity index (χ4n) is 2.45. The zero-order valence-corrected chi connectivity index (χ0v) is 12.4. The SMILES string of the molecule is O=C(O)[C@H](Cc1cccc(Br)c1)N1CC(CO)CC1=O. The van der Waals surface area contributed by atoms with Crippen molar-refractivity contribution in [2.24, 2.45) is 5.92 Å². The van der Waals surface area contributed by atoms with Crippen LogP contribution < -0.4 is 0 Å². The van der Waals surface area contributed by atoms with E-state index < -0.39 is 12.0 Å². The minimum Gasteiger partial charge on any atom is -0.480 e. The Hall–Kier alpha value is -1.40. The second-order valence-electron chi connectivity index (χ2n) is 4.99. The lowest BCUT2D eigenvalue weighted by Crippen LogP contribution is -2.43. The fraction of sp³-hybridized carbons (Fsp3) is 0.429. The maximum Gasteiger partial charge on any atom is 0.326 e. The number of benzene rings is 1. The number of carbonyl (C=O) groups excluding carboxylic acids is 1. The van der Waals surface area contributed by atoms with Crippen LogP contribution in [0, 0.1) is 5.92 Å². The van der Waals surface area contributed by atoms with Crippen LogP contribution in [0.15, 0.2) is 28.7 Å². The summed E-state index contributed by atoms with van der Waals surface area (Å²) < 4.78 is 0.875. The van der Waals surface area contributed by atoms with Crippen molar-refractivity contribution < 1.29 is 19.8 Å². The van der Waals surface area contributed by atoms with Gasteiger partial charge in [0.1, 0.15) is 6.04 Å². The van der Waals surface area contributed by atoms with Crippen LogP contribution in [-0.2, 0) is 16.0 Å². The first-order chi connectivity index (χ1) is 9.51. The number of carbonyl (C=O) groups is 2. The molecule has 1 aromatic carbocycles. The Balaban J connectivity index is 2.16. The number of nitrogens with zero attached hydrogens (tertiary/aromatic N) is 1. The van der Waals surface area contributed by atoms with Gasteiger partial charge in [-0.3, -0.25) is 4.79 Å². The molecule has 1 fully saturated rings. The van der Waals surface area contributed by atoms with Gasteiger partial charge in [0.2, 0.25) is 5.91 Å². The number of aliphatic hydroxyl groups excluding tert-OH is 1. The molecule has 1 amide bonds. The third-order valence-corrected chi connectivity index (χ3v) is 3.97. The summed E-state index contributed by atoms with van der Waals surface area (Å²) in [5.74, 6) is -1.38. The smallest absolute Gasteiger partial charge is 0.326 e. The van der Waals surface area contributed by atoms with Gasteiger partial charge in [-0.1, -0.05) is 28.1 Å². The lowest BCUT2D eigenvalue weighted by molar-refractivity contribution is -0.148. The molecule has 0 radical (unpaired) electrons. The van der Waals surface area contributed by atoms with Gasteiger partial charge in [-0.25, -0.2) is 4.79 Å². The van der Waals surface area contributed by atoms with Gasteiger partial charge in [-0.2, -0.15) is 0 Å². The van der Waals surface area contributed by atoms with Crippen LogP contribution >= 0.6 is 15.9 Å². The monoisotopic (exact) mass is 341 g/mol. The van der Waals surface area contributed by atoms with Crippen molar-refractivity contribution in [2.75, 3.05) is 13.2 Å². The average molecular weight is 342 g/mol. The predicted octanol–water partition coefficient (Wildman–Crippen LogP) is 1.29. The lowest BCUT2D eigenvalue weighted by atomic mass is 10.0. The van der Waals surface area contributed by atoms with Crippen LogP contribution in [0.4, 0.5) is 0 Å². The summed E-state index contributed by atoms with van der Waals surface area (Å²) >= 11 is 3.34. The van der Waals surface area contributed by atoms with E-state index in [0.29, 0.717) is 6.54 Å². The Morgan fingerprint density at radius 1 is 1.50 bits per heavy atom. The first kappa shape index (κ1) is 15.0. The molecule has 0 aromatic heterocycles. The maximum atomic E-state index is 11.9. The number of rotatable bonds is 5. The number of aliphatic carboxylic acids is 1. The summed E-state index contributed by atoms with van der Waals surface area (Å²) in [4.78, 5) is 24.7. The van der Waals surface area contributed by atoms with E-state index in [-0.39, 0.29) is 31.3 Å². The molecule has 0 bridgehead atoms. The molecule has 1 saturated heterocycles. The first-order valence-corrected chi connectivity index (χ1v) is 7.18. The molecule has 5 nitrogen and oxygen atoms in total. The van der Waals surface area contributed by atoms with E-state index in [0.717, 1.165) is 10.0 Å². The van der Waals surface area contributed by atoms with E-state index in [1.54, 1.807) is 0 Å². The van der Waals surface area contributed by atoms with E-state index in [9.17, 15) is 14.7 Å². The number of hydrogen-bond acceptors (Lipinski definition) is 3. The highest BCUT2D eigenvalue weighted by Crippen LogP contribution is 2.22. The summed E-state index contributed by atoms with van der Waals surface area (Å²) in [6.45, 7) is 0.214. The summed E-state index contributed by atoms with van der Waals surface area (Å²) in [7, 11) is 0. The topological polar surface area (TPSA) is 77.8 Å². The minimum atomic E-state index is -1.02. The molecule has 108 valence electrons. The molecule has 0 saturated carbocycles. The summed E-state index contributed by atoms with van der Waals surface area (Å²) in [6.07, 6.45) is 0.484. The molecular formula is C14H16BrNO4. The molecule has 1 aromatic rings. The van der Waals surface area contributed by atoms with E-state index in [2.05, 4.69) is 15.9 Å². The molecule has 1 heterocycles. The highest BCUT2D eigenvalue weighted by molar-refractivity contribution is 9.10. The molecule has 0 aliphatic carbocycles. The van der Waals surface area contributed by atoms with Crippen LogP contribution in [0.5, 0.6) is 0 Å². The van der Waals surface area contributed by atoms with Gasteiger partial charge in [-0.05, 0) is 17.7 Å². The summed E-state index contributed by atoms with van der Waals surface area (Å²) in [5, 5.41) is 18.5. The zero-order valence-electron chi connectivity index (χ0n) is 10.8. The minimum absolute atomic E-state index is 0.0918. The van der Waals surface area contributed by atoms with Gasteiger partial charge in [0.15, 0.2) is 0 Å². The van der Waals surface area contributed by atoms with Crippen molar-refractivity contribution >= 4 is 27.8 Å². The Bertz CT molecular complexity index is 520. The number of halogens is 1. The Morgan fingerprint density at radius 3 is 2.80 bits per heavy atom. The molecule has 1 aliphatic heterocycles. The third-order valence-electron chi connectivity index (χ3n) is 3.48. The normalized spacial score (nSPS) is 20.2. The van der Waals surface area contributed by atoms with Crippen molar-refractivity contribution in [1.29, 1.82) is 0 Å². The van der Waals surface area contributed by atoms with Crippen LogP contribution in [0.2, 0.25) is 0 Å². The van der Waals surface area contributed by atoms with Crippen LogP contribution in [0.3, 0.4) is 0 Å². The highest BCUT2D eigenvalue weighted by atomic mass is 79.9. The van der Waals surface area contributed by atoms with Gasteiger partial charge >= 0.3 is 5.97 Å². The highest BCUT2D eigenvalue weighted by Gasteiger charge is 2.37. The lowest BCUT2D eigenvalue weighted by Gasteiger charge is -2.24. The number of hydrogen-bond donors (Lipinski definition) is 2. The maximum absolute atomic E-state index is 11.9. The standard InChI is InChI=1S/C14H16BrNO4/c15-11-3-1-2-9(4-11)5-12(14(19)20)16-7-10(8-17)6-13(16)18/h1-4,10,12,17H,5-8H2,(H,19,20)/t10?,12-/m0/s1. The van der Waals surface area contributed by atoms with Crippen molar-refractivity contribution in [3.63, 3.8) is 0 Å². The molecule has 1 aliphatic rings. The van der Waals surface area contributed by atoms with Crippen molar-refractivity contribution in [3.8, 4) is 0 Å². The summed E-state index contributed by atoms with van der Waals surface area (Å²) in [5.41, 5.74) is 0.854. The molecule has 20 heavy (non-hydrogen) atoms. The van der Waals surface area contributed by atoms with Crippen molar-refractivity contribution in [2.45, 2.75) is 18.9 Å². The third kappa shape index (κ3) is 3.37. The molecule has 1 unspecified atom stereocenters. The Kier molecular flexibility index (Phi) is 4.77. The van der Waals surface area contributed by atoms with Crippen LogP contribution in [0.1, 0.15) is 12.0 Å². The van der Waals surface area contributed by atoms with Gasteiger partial charge in [-0.15, -0.1) is 0 Å². The number of amides is 1. The number of aliphatic hydroxyl groups is 1. The van der Waals surface area contributed by atoms with Gasteiger partial charge in [0, 0.05) is 36.4 Å². The quantitative estimate of drug-likeness (QED) is 0.845. The molecule has 2 rings (SSSR count). The van der Waals surface area contributed by atoms with Crippen LogP contribution in [0.25, 0.3) is 0 Å². The molecule has 2 N–H and O–H groups in total. The molecule has 2 atom stereocenters. The van der Waals surface area contributed by atoms with Crippen molar-refractivity contribution in [1.82, 2.24) is 4.90 Å². The zero-order chi connectivity index (χ0) is 14.7. The fourth-order valence-corrected chi connectivity index (χ4v) is 2.90. The second-order valence-corrected chi connectivity index (χ2v) is 5.90. The van der Waals surface area contributed by atoms with Crippen molar-refractivity contribution in [3.05, 3.63) is 34.3 Å². The molecular weight excluding hydrogens is 326 g/mol. The second kappa shape index (κ2) is 6.37.